The number of halogens is 1. The normalized spacial score (nSPS) is 17.6. The van der Waals surface area contributed by atoms with Crippen molar-refractivity contribution in [2.45, 2.75) is 24.4 Å². The molecule has 0 bridgehead atoms. The number of hydrogen-bond donors (Lipinski definition) is 3. The summed E-state index contributed by atoms with van der Waals surface area (Å²) < 4.78 is 0. The third-order valence-corrected chi connectivity index (χ3v) is 3.57. The fraction of sp³-hybridized carbons (Fsp3) is 0.385. The molecule has 1 saturated carbocycles. The molecule has 19 heavy (non-hydrogen) atoms. The minimum absolute atomic E-state index is 0.255. The van der Waals surface area contributed by atoms with Crippen LogP contribution in [0.2, 0.25) is 5.02 Å². The molecular weight excluding hydrogens is 270 g/mol. The van der Waals surface area contributed by atoms with Crippen LogP contribution in [0.25, 0.3) is 0 Å². The maximum atomic E-state index is 12.1. The quantitative estimate of drug-likeness (QED) is 0.750. The third-order valence-electron chi connectivity index (χ3n) is 3.32. The van der Waals surface area contributed by atoms with Crippen LogP contribution in [0, 0.1) is 0 Å². The molecule has 102 valence electrons. The molecule has 0 aromatic heterocycles. The van der Waals surface area contributed by atoms with E-state index in [1.807, 2.05) is 0 Å². The van der Waals surface area contributed by atoms with E-state index in [0.29, 0.717) is 17.9 Å². The number of carboxylic acid groups (broad SMARTS) is 1. The number of nitrogens with one attached hydrogen (secondary N) is 1. The molecule has 1 amide bonds. The SMILES string of the molecule is O=C(O)[C@@H](O)CNC(=O)C1(c2ccc(Cl)cc2)CC1. The second kappa shape index (κ2) is 5.19. The number of benzene rings is 1. The van der Waals surface area contributed by atoms with Gasteiger partial charge in [0.25, 0.3) is 0 Å². The first kappa shape index (κ1) is 13.8. The van der Waals surface area contributed by atoms with Crippen molar-refractivity contribution in [3.63, 3.8) is 0 Å². The van der Waals surface area contributed by atoms with Gasteiger partial charge in [-0.25, -0.2) is 4.79 Å². The number of aliphatic hydroxyl groups is 1. The summed E-state index contributed by atoms with van der Waals surface area (Å²) in [5, 5.41) is 20.8. The minimum Gasteiger partial charge on any atom is -0.479 e. The highest BCUT2D eigenvalue weighted by Crippen LogP contribution is 2.48. The van der Waals surface area contributed by atoms with Gasteiger partial charge in [-0.05, 0) is 30.5 Å². The summed E-state index contributed by atoms with van der Waals surface area (Å²) in [5.74, 6) is -1.60. The Hall–Kier alpha value is -1.59. The highest BCUT2D eigenvalue weighted by atomic mass is 35.5. The molecule has 2 rings (SSSR count). The second-order valence-corrected chi connectivity index (χ2v) is 5.09. The topological polar surface area (TPSA) is 86.6 Å². The summed E-state index contributed by atoms with van der Waals surface area (Å²) in [7, 11) is 0. The third kappa shape index (κ3) is 2.88. The van der Waals surface area contributed by atoms with Crippen LogP contribution in [-0.4, -0.2) is 34.7 Å². The summed E-state index contributed by atoms with van der Waals surface area (Å²) in [5.41, 5.74) is 0.266. The Morgan fingerprint density at radius 1 is 1.32 bits per heavy atom. The van der Waals surface area contributed by atoms with E-state index in [1.165, 1.54) is 0 Å². The van der Waals surface area contributed by atoms with Gasteiger partial charge < -0.3 is 15.5 Å². The van der Waals surface area contributed by atoms with E-state index in [-0.39, 0.29) is 12.5 Å². The number of aliphatic carboxylic acids is 1. The molecule has 0 heterocycles. The highest BCUT2D eigenvalue weighted by Gasteiger charge is 2.51. The van der Waals surface area contributed by atoms with Crippen LogP contribution in [0.3, 0.4) is 0 Å². The summed E-state index contributed by atoms with van der Waals surface area (Å²) >= 11 is 5.80. The molecule has 1 fully saturated rings. The van der Waals surface area contributed by atoms with Crippen molar-refractivity contribution in [1.29, 1.82) is 0 Å². The molecule has 1 aliphatic carbocycles. The maximum absolute atomic E-state index is 12.1. The number of aliphatic hydroxyl groups excluding tert-OH is 1. The Morgan fingerprint density at radius 3 is 2.37 bits per heavy atom. The van der Waals surface area contributed by atoms with E-state index in [0.717, 1.165) is 5.56 Å². The van der Waals surface area contributed by atoms with Crippen molar-refractivity contribution >= 4 is 23.5 Å². The number of carbonyl (C=O) groups is 2. The van der Waals surface area contributed by atoms with E-state index >= 15 is 0 Å². The van der Waals surface area contributed by atoms with E-state index in [2.05, 4.69) is 5.32 Å². The lowest BCUT2D eigenvalue weighted by Crippen LogP contribution is -2.41. The smallest absolute Gasteiger partial charge is 0.334 e. The van der Waals surface area contributed by atoms with Gasteiger partial charge in [0.05, 0.1) is 12.0 Å². The Labute approximate surface area is 115 Å². The summed E-state index contributed by atoms with van der Waals surface area (Å²) in [6, 6.07) is 7.03. The first-order chi connectivity index (χ1) is 8.95. The molecular formula is C13H14ClNO4. The van der Waals surface area contributed by atoms with Crippen molar-refractivity contribution in [3.8, 4) is 0 Å². The van der Waals surface area contributed by atoms with Crippen LogP contribution < -0.4 is 5.32 Å². The van der Waals surface area contributed by atoms with Gasteiger partial charge in [-0.2, -0.15) is 0 Å². The number of hydrogen-bond acceptors (Lipinski definition) is 3. The average molecular weight is 284 g/mol. The largest absolute Gasteiger partial charge is 0.479 e. The van der Waals surface area contributed by atoms with Gasteiger partial charge in [0.1, 0.15) is 0 Å². The van der Waals surface area contributed by atoms with Crippen LogP contribution >= 0.6 is 11.6 Å². The molecule has 0 aliphatic heterocycles. The van der Waals surface area contributed by atoms with Gasteiger partial charge in [-0.15, -0.1) is 0 Å². The predicted molar refractivity (Wildman–Crippen MR) is 69.0 cm³/mol. The minimum atomic E-state index is -1.58. The van der Waals surface area contributed by atoms with Crippen molar-refractivity contribution in [1.82, 2.24) is 5.32 Å². The first-order valence-electron chi connectivity index (χ1n) is 5.91. The molecule has 0 saturated heterocycles. The fourth-order valence-electron chi connectivity index (χ4n) is 1.99. The molecule has 0 radical (unpaired) electrons. The Balaban J connectivity index is 2.02. The molecule has 0 unspecified atom stereocenters. The van der Waals surface area contributed by atoms with Gasteiger partial charge in [0, 0.05) is 5.02 Å². The van der Waals surface area contributed by atoms with Crippen molar-refractivity contribution in [2.75, 3.05) is 6.54 Å². The molecule has 0 spiro atoms. The highest BCUT2D eigenvalue weighted by molar-refractivity contribution is 6.30. The van der Waals surface area contributed by atoms with E-state index in [4.69, 9.17) is 21.8 Å². The number of carbonyl (C=O) groups excluding carboxylic acids is 1. The molecule has 6 heteroatoms. The zero-order chi connectivity index (χ0) is 14.0. The number of amides is 1. The molecule has 1 aromatic carbocycles. The molecule has 1 aliphatic rings. The van der Waals surface area contributed by atoms with Crippen LogP contribution in [0.1, 0.15) is 18.4 Å². The van der Waals surface area contributed by atoms with Crippen LogP contribution in [-0.2, 0) is 15.0 Å². The Kier molecular flexibility index (Phi) is 3.78. The van der Waals surface area contributed by atoms with E-state index in [1.54, 1.807) is 24.3 Å². The summed E-state index contributed by atoms with van der Waals surface area (Å²) in [6.45, 7) is -0.288. The van der Waals surface area contributed by atoms with Crippen molar-refractivity contribution in [3.05, 3.63) is 34.9 Å². The zero-order valence-corrected chi connectivity index (χ0v) is 10.9. The summed E-state index contributed by atoms with van der Waals surface area (Å²) in [4.78, 5) is 22.6. The molecule has 5 nitrogen and oxygen atoms in total. The zero-order valence-electron chi connectivity index (χ0n) is 10.1. The lowest BCUT2D eigenvalue weighted by Gasteiger charge is -2.16. The number of carboxylic acids is 1. The maximum Gasteiger partial charge on any atom is 0.334 e. The van der Waals surface area contributed by atoms with Gasteiger partial charge in [0.15, 0.2) is 6.10 Å². The lowest BCUT2D eigenvalue weighted by atomic mass is 9.95. The monoisotopic (exact) mass is 283 g/mol. The molecule has 3 N–H and O–H groups in total. The summed E-state index contributed by atoms with van der Waals surface area (Å²) in [6.07, 6.45) is -0.155. The van der Waals surface area contributed by atoms with Crippen LogP contribution in [0.5, 0.6) is 0 Å². The predicted octanol–water partition coefficient (Wildman–Crippen LogP) is 0.933. The molecule has 1 aromatic rings. The van der Waals surface area contributed by atoms with Gasteiger partial charge in [0.2, 0.25) is 5.91 Å². The average Bonchev–Trinajstić information content (AvgIpc) is 3.17. The standard InChI is InChI=1S/C13H14ClNO4/c14-9-3-1-8(2-4-9)13(5-6-13)12(19)15-7-10(16)11(17)18/h1-4,10,16H,5-7H2,(H,15,19)(H,17,18)/t10-/m0/s1. The van der Waals surface area contributed by atoms with E-state index < -0.39 is 17.5 Å². The lowest BCUT2D eigenvalue weighted by molar-refractivity contribution is -0.146. The van der Waals surface area contributed by atoms with Crippen LogP contribution in [0.15, 0.2) is 24.3 Å². The van der Waals surface area contributed by atoms with Gasteiger partial charge >= 0.3 is 5.97 Å². The van der Waals surface area contributed by atoms with Crippen LogP contribution in [0.4, 0.5) is 0 Å². The van der Waals surface area contributed by atoms with Crippen molar-refractivity contribution in [2.24, 2.45) is 0 Å². The van der Waals surface area contributed by atoms with Gasteiger partial charge in [-0.3, -0.25) is 4.79 Å². The second-order valence-electron chi connectivity index (χ2n) is 4.65. The molecule has 1 atom stereocenters. The number of rotatable bonds is 5. The van der Waals surface area contributed by atoms with Crippen molar-refractivity contribution < 1.29 is 19.8 Å². The fourth-order valence-corrected chi connectivity index (χ4v) is 2.11. The van der Waals surface area contributed by atoms with E-state index in [9.17, 15) is 9.59 Å². The Morgan fingerprint density at radius 2 is 1.89 bits per heavy atom. The van der Waals surface area contributed by atoms with Gasteiger partial charge in [-0.1, -0.05) is 23.7 Å². The first-order valence-corrected chi connectivity index (χ1v) is 6.29. The Bertz CT molecular complexity index is 496.